The van der Waals surface area contributed by atoms with Gasteiger partial charge in [0.25, 0.3) is 5.91 Å². The second kappa shape index (κ2) is 9.55. The van der Waals surface area contributed by atoms with Gasteiger partial charge in [-0.1, -0.05) is 41.9 Å². The fourth-order valence-electron chi connectivity index (χ4n) is 4.49. The highest BCUT2D eigenvalue weighted by molar-refractivity contribution is 7.21. The van der Waals surface area contributed by atoms with Crippen LogP contribution < -0.4 is 5.73 Å². The quantitative estimate of drug-likeness (QED) is 0.313. The maximum absolute atomic E-state index is 13.8. The molecule has 1 saturated carbocycles. The van der Waals surface area contributed by atoms with E-state index in [1.54, 1.807) is 23.5 Å². The van der Waals surface area contributed by atoms with E-state index in [9.17, 15) is 9.18 Å². The van der Waals surface area contributed by atoms with Crippen molar-refractivity contribution in [2.75, 3.05) is 0 Å². The molecule has 0 bridgehead atoms. The standard InChI is InChI=1S/C26H24ClFN2OS2/c27-24-22-3-1-2-4-23(22)33-25(24)26(31)30(20-11-9-19(29)10-12-20)14-21-13-17(15-32-21)16-5-7-18(28)8-6-16/h1-8,13,15,19-20H,9-12,14,29H2. The minimum atomic E-state index is -0.248. The summed E-state index contributed by atoms with van der Waals surface area (Å²) >= 11 is 9.75. The number of nitrogens with zero attached hydrogens (tertiary/aromatic N) is 1. The average Bonchev–Trinajstić information content (AvgIpc) is 3.43. The van der Waals surface area contributed by atoms with Crippen molar-refractivity contribution >= 4 is 50.3 Å². The SMILES string of the molecule is NC1CCC(N(Cc2cc(-c3ccc(F)cc3)cs2)C(=O)c2sc3ccccc3c2Cl)CC1. The lowest BCUT2D eigenvalue weighted by Gasteiger charge is -2.35. The van der Waals surface area contributed by atoms with E-state index in [4.69, 9.17) is 17.3 Å². The number of carbonyl (C=O) groups excluding carboxylic acids is 1. The monoisotopic (exact) mass is 498 g/mol. The third-order valence-electron chi connectivity index (χ3n) is 6.33. The first-order valence-corrected chi connectivity index (χ1v) is 13.1. The Labute approximate surface area is 205 Å². The van der Waals surface area contributed by atoms with E-state index < -0.39 is 0 Å². The summed E-state index contributed by atoms with van der Waals surface area (Å²) in [6.07, 6.45) is 3.62. The smallest absolute Gasteiger partial charge is 0.266 e. The van der Waals surface area contributed by atoms with Gasteiger partial charge in [-0.15, -0.1) is 22.7 Å². The van der Waals surface area contributed by atoms with Crippen molar-refractivity contribution < 1.29 is 9.18 Å². The Bertz CT molecular complexity index is 1280. The third-order valence-corrected chi connectivity index (χ3v) is 8.91. The summed E-state index contributed by atoms with van der Waals surface area (Å²) in [5, 5.41) is 3.53. The van der Waals surface area contributed by atoms with Crippen LogP contribution in [-0.2, 0) is 6.54 Å². The van der Waals surface area contributed by atoms with Crippen LogP contribution in [0.1, 0.15) is 40.2 Å². The van der Waals surface area contributed by atoms with Crippen molar-refractivity contribution in [2.45, 2.75) is 44.3 Å². The highest BCUT2D eigenvalue weighted by Crippen LogP contribution is 2.38. The van der Waals surface area contributed by atoms with Crippen LogP contribution in [0.3, 0.4) is 0 Å². The van der Waals surface area contributed by atoms with Crippen molar-refractivity contribution in [3.63, 3.8) is 0 Å². The van der Waals surface area contributed by atoms with Crippen molar-refractivity contribution in [1.82, 2.24) is 4.90 Å². The predicted molar refractivity (Wildman–Crippen MR) is 137 cm³/mol. The number of fused-ring (bicyclic) bond motifs is 1. The number of halogens is 2. The molecular weight excluding hydrogens is 475 g/mol. The molecule has 0 aliphatic heterocycles. The van der Waals surface area contributed by atoms with Gasteiger partial charge in [0.15, 0.2) is 0 Å². The van der Waals surface area contributed by atoms with Gasteiger partial charge in [-0.3, -0.25) is 4.79 Å². The van der Waals surface area contributed by atoms with Gasteiger partial charge in [0.05, 0.1) is 11.6 Å². The fourth-order valence-corrected chi connectivity index (χ4v) is 6.85. The van der Waals surface area contributed by atoms with Crippen LogP contribution in [0.15, 0.2) is 60.0 Å². The minimum absolute atomic E-state index is 0.0154. The van der Waals surface area contributed by atoms with E-state index >= 15 is 0 Å². The molecule has 0 radical (unpaired) electrons. The first kappa shape index (κ1) is 22.5. The lowest BCUT2D eigenvalue weighted by molar-refractivity contribution is 0.0614. The third kappa shape index (κ3) is 4.71. The maximum Gasteiger partial charge on any atom is 0.266 e. The van der Waals surface area contributed by atoms with E-state index in [2.05, 4.69) is 11.4 Å². The van der Waals surface area contributed by atoms with Crippen LogP contribution in [0, 0.1) is 5.82 Å². The van der Waals surface area contributed by atoms with Crippen LogP contribution in [0.25, 0.3) is 21.2 Å². The number of rotatable bonds is 5. The zero-order valence-corrected chi connectivity index (χ0v) is 20.4. The number of amides is 1. The molecule has 0 spiro atoms. The molecular formula is C26H24ClFN2OS2. The second-order valence-electron chi connectivity index (χ2n) is 8.55. The molecule has 7 heteroatoms. The molecule has 0 saturated heterocycles. The van der Waals surface area contributed by atoms with Gasteiger partial charge in [-0.25, -0.2) is 4.39 Å². The Morgan fingerprint density at radius 2 is 1.79 bits per heavy atom. The number of hydrogen-bond acceptors (Lipinski definition) is 4. The molecule has 1 fully saturated rings. The van der Waals surface area contributed by atoms with E-state index in [-0.39, 0.29) is 23.8 Å². The van der Waals surface area contributed by atoms with Crippen molar-refractivity contribution in [1.29, 1.82) is 0 Å². The summed E-state index contributed by atoms with van der Waals surface area (Å²) in [5.74, 6) is -0.264. The molecule has 1 aliphatic rings. The summed E-state index contributed by atoms with van der Waals surface area (Å²) in [5.41, 5.74) is 8.14. The Kier molecular flexibility index (Phi) is 6.52. The molecule has 33 heavy (non-hydrogen) atoms. The van der Waals surface area contributed by atoms with Crippen LogP contribution in [0.2, 0.25) is 5.02 Å². The molecule has 0 unspecified atom stereocenters. The summed E-state index contributed by atoms with van der Waals surface area (Å²) in [7, 11) is 0. The highest BCUT2D eigenvalue weighted by Gasteiger charge is 2.31. The molecule has 2 N–H and O–H groups in total. The largest absolute Gasteiger partial charge is 0.330 e. The van der Waals surface area contributed by atoms with Gasteiger partial charge < -0.3 is 10.6 Å². The van der Waals surface area contributed by atoms with Crippen molar-refractivity contribution in [3.8, 4) is 11.1 Å². The summed E-state index contributed by atoms with van der Waals surface area (Å²) in [6, 6.07) is 16.8. The van der Waals surface area contributed by atoms with Crippen LogP contribution >= 0.6 is 34.3 Å². The number of thiophene rings is 2. The minimum Gasteiger partial charge on any atom is -0.330 e. The first-order valence-electron chi connectivity index (χ1n) is 11.1. The van der Waals surface area contributed by atoms with E-state index in [1.807, 2.05) is 29.2 Å². The maximum atomic E-state index is 13.8. The summed E-state index contributed by atoms with van der Waals surface area (Å²) in [6.45, 7) is 0.523. The van der Waals surface area contributed by atoms with Crippen LogP contribution in [0.5, 0.6) is 0 Å². The Balaban J connectivity index is 1.45. The zero-order chi connectivity index (χ0) is 22.9. The normalized spacial score (nSPS) is 18.5. The van der Waals surface area contributed by atoms with E-state index in [0.717, 1.165) is 51.8 Å². The van der Waals surface area contributed by atoms with Gasteiger partial charge in [-0.05, 0) is 66.5 Å². The molecule has 4 aromatic rings. The number of hydrogen-bond donors (Lipinski definition) is 1. The first-order chi connectivity index (χ1) is 16.0. The summed E-state index contributed by atoms with van der Waals surface area (Å²) in [4.78, 5) is 17.5. The lowest BCUT2D eigenvalue weighted by atomic mass is 9.90. The molecule has 0 atom stereocenters. The molecule has 1 aliphatic carbocycles. The molecule has 2 aromatic heterocycles. The van der Waals surface area contributed by atoms with E-state index in [1.165, 1.54) is 23.5 Å². The van der Waals surface area contributed by atoms with Crippen LogP contribution in [0.4, 0.5) is 4.39 Å². The zero-order valence-electron chi connectivity index (χ0n) is 18.0. The average molecular weight is 499 g/mol. The van der Waals surface area contributed by atoms with Crippen molar-refractivity contribution in [2.24, 2.45) is 5.73 Å². The Morgan fingerprint density at radius 1 is 1.06 bits per heavy atom. The number of carbonyl (C=O) groups is 1. The number of benzene rings is 2. The highest BCUT2D eigenvalue weighted by atomic mass is 35.5. The molecule has 170 valence electrons. The number of nitrogens with two attached hydrogens (primary N) is 1. The van der Waals surface area contributed by atoms with Gasteiger partial charge in [-0.2, -0.15) is 0 Å². The van der Waals surface area contributed by atoms with Gasteiger partial charge >= 0.3 is 0 Å². The lowest BCUT2D eigenvalue weighted by Crippen LogP contribution is -2.43. The van der Waals surface area contributed by atoms with E-state index in [0.29, 0.717) is 16.4 Å². The molecule has 1 amide bonds. The topological polar surface area (TPSA) is 46.3 Å². The Morgan fingerprint density at radius 3 is 2.52 bits per heavy atom. The molecule has 5 rings (SSSR count). The molecule has 2 aromatic carbocycles. The van der Waals surface area contributed by atoms with Gasteiger partial charge in [0.1, 0.15) is 10.7 Å². The predicted octanol–water partition coefficient (Wildman–Crippen LogP) is 7.33. The summed E-state index contributed by atoms with van der Waals surface area (Å²) < 4.78 is 14.3. The fraction of sp³-hybridized carbons (Fsp3) is 0.269. The van der Waals surface area contributed by atoms with Gasteiger partial charge in [0.2, 0.25) is 0 Å². The molecule has 2 heterocycles. The van der Waals surface area contributed by atoms with Crippen molar-refractivity contribution in [3.05, 3.63) is 80.6 Å². The van der Waals surface area contributed by atoms with Crippen LogP contribution in [-0.4, -0.2) is 22.9 Å². The Hall–Kier alpha value is -2.25. The second-order valence-corrected chi connectivity index (χ2v) is 11.0. The van der Waals surface area contributed by atoms with Gasteiger partial charge in [0, 0.05) is 27.0 Å². The molecule has 3 nitrogen and oxygen atoms in total.